The van der Waals surface area contributed by atoms with Crippen molar-refractivity contribution in [1.29, 1.82) is 0 Å². The van der Waals surface area contributed by atoms with E-state index in [0.717, 1.165) is 36.8 Å². The molecular weight excluding hydrogens is 307 g/mol. The van der Waals surface area contributed by atoms with Crippen molar-refractivity contribution in [2.75, 3.05) is 0 Å². The van der Waals surface area contributed by atoms with Gasteiger partial charge in [0.1, 0.15) is 5.60 Å². The van der Waals surface area contributed by atoms with Crippen LogP contribution in [0.5, 0.6) is 0 Å². The van der Waals surface area contributed by atoms with E-state index < -0.39 is 14.2 Å². The van der Waals surface area contributed by atoms with Crippen molar-refractivity contribution in [3.05, 3.63) is 71.8 Å². The van der Waals surface area contributed by atoms with E-state index in [4.69, 9.17) is 4.52 Å². The Hall–Kier alpha value is -1.25. The van der Waals surface area contributed by atoms with E-state index in [1.807, 2.05) is 60.7 Å². The molecule has 23 heavy (non-hydrogen) atoms. The molecule has 0 aliphatic heterocycles. The zero-order valence-electron chi connectivity index (χ0n) is 13.6. The van der Waals surface area contributed by atoms with Gasteiger partial charge in [0.15, 0.2) is 0 Å². The molecule has 124 valence electrons. The molecule has 0 heterocycles. The summed E-state index contributed by atoms with van der Waals surface area (Å²) in [6, 6.07) is 19.7. The Bertz CT molecular complexity index is 518. The molecule has 2 N–H and O–H groups in total. The van der Waals surface area contributed by atoms with Gasteiger partial charge < -0.3 is 9.79 Å². The minimum Gasteiger partial charge on any atom is -0.328 e. The third kappa shape index (κ3) is 4.86. The van der Waals surface area contributed by atoms with Gasteiger partial charge >= 0.3 is 8.60 Å². The Morgan fingerprint density at radius 2 is 1.35 bits per heavy atom. The lowest BCUT2D eigenvalue weighted by molar-refractivity contribution is 0.0791. The van der Waals surface area contributed by atoms with Gasteiger partial charge in [0.25, 0.3) is 0 Å². The second-order valence-electron chi connectivity index (χ2n) is 5.71. The van der Waals surface area contributed by atoms with Crippen LogP contribution in [0.1, 0.15) is 50.2 Å². The highest BCUT2D eigenvalue weighted by atomic mass is 31.2. The highest BCUT2D eigenvalue weighted by Crippen LogP contribution is 2.46. The molecule has 4 heteroatoms. The molecule has 3 nitrogen and oxygen atoms in total. The molecule has 0 unspecified atom stereocenters. The first kappa shape index (κ1) is 18.1. The fraction of sp³-hybridized carbons (Fsp3) is 0.368. The van der Waals surface area contributed by atoms with Gasteiger partial charge in [0, 0.05) is 0 Å². The molecule has 0 fully saturated rings. The van der Waals surface area contributed by atoms with Crippen LogP contribution in [0.3, 0.4) is 0 Å². The van der Waals surface area contributed by atoms with Crippen molar-refractivity contribution >= 4 is 8.60 Å². The SMILES string of the molecule is CCCCCCC(OP(O)O)(c1ccccc1)c1ccccc1. The maximum Gasteiger partial charge on any atom is 0.328 e. The number of unbranched alkanes of at least 4 members (excludes halogenated alkanes) is 3. The van der Waals surface area contributed by atoms with Gasteiger partial charge in [0.2, 0.25) is 0 Å². The summed E-state index contributed by atoms with van der Waals surface area (Å²) in [6.45, 7) is 2.18. The van der Waals surface area contributed by atoms with E-state index in [2.05, 4.69) is 6.92 Å². The average molecular weight is 332 g/mol. The molecule has 0 aliphatic rings. The molecule has 0 aliphatic carbocycles. The van der Waals surface area contributed by atoms with Gasteiger partial charge in [-0.15, -0.1) is 0 Å². The van der Waals surface area contributed by atoms with Crippen LogP contribution >= 0.6 is 8.60 Å². The smallest absolute Gasteiger partial charge is 0.328 e. The highest BCUT2D eigenvalue weighted by Gasteiger charge is 2.37. The summed E-state index contributed by atoms with van der Waals surface area (Å²) in [7, 11) is -2.46. The van der Waals surface area contributed by atoms with Gasteiger partial charge in [-0.1, -0.05) is 86.8 Å². The standard InChI is InChI=1S/C19H25O3P/c1-2-3-4-11-16-19(22-23(20)21,17-12-7-5-8-13-17)18-14-9-6-10-15-18/h5-10,12-15,20-21H,2-4,11,16H2,1H3. The quantitative estimate of drug-likeness (QED) is 0.494. The lowest BCUT2D eigenvalue weighted by atomic mass is 9.82. The molecule has 2 aromatic carbocycles. The largest absolute Gasteiger partial charge is 0.328 e. The predicted molar refractivity (Wildman–Crippen MR) is 94.9 cm³/mol. The Morgan fingerprint density at radius 3 is 1.78 bits per heavy atom. The first-order valence-electron chi connectivity index (χ1n) is 8.17. The van der Waals surface area contributed by atoms with Crippen LogP contribution < -0.4 is 0 Å². The molecule has 0 spiro atoms. The molecule has 0 amide bonds. The first-order chi connectivity index (χ1) is 11.2. The van der Waals surface area contributed by atoms with Crippen LogP contribution in [0.2, 0.25) is 0 Å². The van der Waals surface area contributed by atoms with Crippen LogP contribution in [0.4, 0.5) is 0 Å². The van der Waals surface area contributed by atoms with Crippen LogP contribution in [0.15, 0.2) is 60.7 Å². The van der Waals surface area contributed by atoms with Gasteiger partial charge in [-0.25, -0.2) is 0 Å². The molecule has 0 bridgehead atoms. The number of rotatable bonds is 9. The van der Waals surface area contributed by atoms with Crippen LogP contribution in [-0.4, -0.2) is 9.79 Å². The minimum absolute atomic E-state index is 0.723. The lowest BCUT2D eigenvalue weighted by Crippen LogP contribution is -2.29. The summed E-state index contributed by atoms with van der Waals surface area (Å²) in [4.78, 5) is 19.2. The van der Waals surface area contributed by atoms with Crippen molar-refractivity contribution in [3.8, 4) is 0 Å². The van der Waals surface area contributed by atoms with E-state index in [0.29, 0.717) is 0 Å². The van der Waals surface area contributed by atoms with Gasteiger partial charge in [-0.3, -0.25) is 4.52 Å². The lowest BCUT2D eigenvalue weighted by Gasteiger charge is -2.35. The monoisotopic (exact) mass is 332 g/mol. The van der Waals surface area contributed by atoms with Crippen molar-refractivity contribution < 1.29 is 14.3 Å². The fourth-order valence-electron chi connectivity index (χ4n) is 2.96. The van der Waals surface area contributed by atoms with E-state index in [9.17, 15) is 9.79 Å². The van der Waals surface area contributed by atoms with Crippen LogP contribution in [0, 0.1) is 0 Å². The normalized spacial score (nSPS) is 11.8. The van der Waals surface area contributed by atoms with Crippen molar-refractivity contribution in [2.24, 2.45) is 0 Å². The Balaban J connectivity index is 2.41. The minimum atomic E-state index is -2.46. The third-order valence-corrected chi connectivity index (χ3v) is 4.58. The summed E-state index contributed by atoms with van der Waals surface area (Å²) in [5.74, 6) is 0. The van der Waals surface area contributed by atoms with Crippen molar-refractivity contribution in [1.82, 2.24) is 0 Å². The van der Waals surface area contributed by atoms with Crippen molar-refractivity contribution in [2.45, 2.75) is 44.6 Å². The molecule has 2 aromatic rings. The van der Waals surface area contributed by atoms with Gasteiger partial charge in [-0.2, -0.15) is 0 Å². The summed E-state index contributed by atoms with van der Waals surface area (Å²) in [6.07, 6.45) is 5.14. The van der Waals surface area contributed by atoms with E-state index in [-0.39, 0.29) is 0 Å². The topological polar surface area (TPSA) is 49.7 Å². The van der Waals surface area contributed by atoms with E-state index in [1.54, 1.807) is 0 Å². The molecule has 2 rings (SSSR count). The maximum atomic E-state index is 9.61. The van der Waals surface area contributed by atoms with Gasteiger partial charge in [0.05, 0.1) is 0 Å². The third-order valence-electron chi connectivity index (χ3n) is 4.10. The second-order valence-corrected chi connectivity index (χ2v) is 6.40. The Labute approximate surface area is 140 Å². The summed E-state index contributed by atoms with van der Waals surface area (Å²) < 4.78 is 5.77. The van der Waals surface area contributed by atoms with Gasteiger partial charge in [-0.05, 0) is 24.0 Å². The Kier molecular flexibility index (Phi) is 7.19. The Morgan fingerprint density at radius 1 is 0.826 bits per heavy atom. The molecule has 0 saturated heterocycles. The zero-order valence-corrected chi connectivity index (χ0v) is 14.5. The summed E-state index contributed by atoms with van der Waals surface area (Å²) in [5, 5.41) is 0. The number of hydrogen-bond acceptors (Lipinski definition) is 3. The number of benzene rings is 2. The first-order valence-corrected chi connectivity index (χ1v) is 9.33. The summed E-state index contributed by atoms with van der Waals surface area (Å²) >= 11 is 0. The zero-order chi connectivity index (χ0) is 16.5. The molecule has 0 aromatic heterocycles. The maximum absolute atomic E-state index is 9.61. The average Bonchev–Trinajstić information content (AvgIpc) is 2.59. The van der Waals surface area contributed by atoms with Crippen LogP contribution in [0.25, 0.3) is 0 Å². The summed E-state index contributed by atoms with van der Waals surface area (Å²) in [5.41, 5.74) is 1.10. The fourth-order valence-corrected chi connectivity index (χ4v) is 3.54. The van der Waals surface area contributed by atoms with E-state index in [1.165, 1.54) is 6.42 Å². The molecule has 0 radical (unpaired) electrons. The van der Waals surface area contributed by atoms with Crippen LogP contribution in [-0.2, 0) is 10.1 Å². The van der Waals surface area contributed by atoms with Crippen molar-refractivity contribution in [3.63, 3.8) is 0 Å². The predicted octanol–water partition coefficient (Wildman–Crippen LogP) is 5.13. The second kappa shape index (κ2) is 9.14. The molecule has 0 saturated carbocycles. The molecular formula is C19H25O3P. The highest BCUT2D eigenvalue weighted by molar-refractivity contribution is 7.39. The molecule has 0 atom stereocenters. The number of hydrogen-bond donors (Lipinski definition) is 2. The van der Waals surface area contributed by atoms with E-state index >= 15 is 0 Å².